The minimum absolute atomic E-state index is 0.140. The zero-order valence-corrected chi connectivity index (χ0v) is 17.0. The molecule has 0 unspecified atom stereocenters. The number of benzene rings is 2. The average Bonchev–Trinajstić information content (AvgIpc) is 3.07. The number of aryl methyl sites for hydroxylation is 2. The maximum absolute atomic E-state index is 13.6. The lowest BCUT2D eigenvalue weighted by Gasteiger charge is -2.38. The zero-order valence-electron chi connectivity index (χ0n) is 17.0. The van der Waals surface area contributed by atoms with Gasteiger partial charge in [0.1, 0.15) is 5.82 Å². The van der Waals surface area contributed by atoms with Gasteiger partial charge in [0, 0.05) is 53.4 Å². The topological polar surface area (TPSA) is 39.3 Å². The van der Waals surface area contributed by atoms with Crippen LogP contribution in [0.25, 0.3) is 10.9 Å². The standard InChI is InChI=1S/C24H26FN3O/c1-15-3-7-21-19(11-15)20-13-27(10-9-22(20)26-21)24(29)14-28-16(2)4-5-17-12-18(25)6-8-23(17)28/h3,6-8,11-12,16,26H,4-5,9-10,13-14H2,1-2H3/t16-/m0/s1. The third kappa shape index (κ3) is 3.18. The van der Waals surface area contributed by atoms with Gasteiger partial charge in [-0.25, -0.2) is 4.39 Å². The summed E-state index contributed by atoms with van der Waals surface area (Å²) in [7, 11) is 0. The molecule has 1 N–H and O–H groups in total. The summed E-state index contributed by atoms with van der Waals surface area (Å²) in [6.45, 7) is 5.97. The molecular weight excluding hydrogens is 365 g/mol. The van der Waals surface area contributed by atoms with Crippen LogP contribution in [0.1, 0.15) is 35.7 Å². The van der Waals surface area contributed by atoms with E-state index >= 15 is 0 Å². The van der Waals surface area contributed by atoms with E-state index in [9.17, 15) is 9.18 Å². The number of hydrogen-bond donors (Lipinski definition) is 1. The number of amides is 1. The first-order valence-electron chi connectivity index (χ1n) is 10.4. The number of rotatable bonds is 2. The van der Waals surface area contributed by atoms with Gasteiger partial charge in [-0.1, -0.05) is 11.6 Å². The van der Waals surface area contributed by atoms with Crippen LogP contribution in [0.2, 0.25) is 0 Å². The predicted molar refractivity (Wildman–Crippen MR) is 114 cm³/mol. The zero-order chi connectivity index (χ0) is 20.1. The predicted octanol–water partition coefficient (Wildman–Crippen LogP) is 4.34. The fraction of sp³-hybridized carbons (Fsp3) is 0.375. The molecule has 29 heavy (non-hydrogen) atoms. The largest absolute Gasteiger partial charge is 0.359 e. The molecule has 2 aliphatic rings. The van der Waals surface area contributed by atoms with Crippen LogP contribution in [0.4, 0.5) is 10.1 Å². The monoisotopic (exact) mass is 391 g/mol. The summed E-state index contributed by atoms with van der Waals surface area (Å²) in [6.07, 6.45) is 2.66. The van der Waals surface area contributed by atoms with Gasteiger partial charge >= 0.3 is 0 Å². The van der Waals surface area contributed by atoms with E-state index in [0.717, 1.165) is 42.6 Å². The molecule has 0 saturated heterocycles. The molecule has 150 valence electrons. The van der Waals surface area contributed by atoms with Crippen LogP contribution in [-0.4, -0.2) is 34.9 Å². The summed E-state index contributed by atoms with van der Waals surface area (Å²) in [5.41, 5.74) is 6.88. The molecule has 0 saturated carbocycles. The number of aromatic amines is 1. The molecular formula is C24H26FN3O. The molecule has 0 aliphatic carbocycles. The Morgan fingerprint density at radius 3 is 2.93 bits per heavy atom. The van der Waals surface area contributed by atoms with Gasteiger partial charge in [0.2, 0.25) is 5.91 Å². The van der Waals surface area contributed by atoms with E-state index in [1.807, 2.05) is 11.0 Å². The Hall–Kier alpha value is -2.82. The molecule has 3 aromatic rings. The summed E-state index contributed by atoms with van der Waals surface area (Å²) in [5, 5.41) is 1.23. The van der Waals surface area contributed by atoms with Crippen molar-refractivity contribution in [3.63, 3.8) is 0 Å². The third-order valence-electron chi connectivity index (χ3n) is 6.50. The van der Waals surface area contributed by atoms with Crippen LogP contribution >= 0.6 is 0 Å². The smallest absolute Gasteiger partial charge is 0.242 e. The van der Waals surface area contributed by atoms with Crippen LogP contribution in [0.5, 0.6) is 0 Å². The molecule has 1 atom stereocenters. The number of aromatic nitrogens is 1. The summed E-state index contributed by atoms with van der Waals surface area (Å²) < 4.78 is 13.6. The summed E-state index contributed by atoms with van der Waals surface area (Å²) in [6, 6.07) is 11.6. The first-order valence-corrected chi connectivity index (χ1v) is 10.4. The van der Waals surface area contributed by atoms with Crippen molar-refractivity contribution in [2.75, 3.05) is 18.0 Å². The van der Waals surface area contributed by atoms with Crippen LogP contribution in [0.3, 0.4) is 0 Å². The Bertz CT molecular complexity index is 1100. The Balaban J connectivity index is 1.39. The van der Waals surface area contributed by atoms with Gasteiger partial charge in [-0.3, -0.25) is 4.79 Å². The van der Waals surface area contributed by atoms with E-state index in [0.29, 0.717) is 13.1 Å². The van der Waals surface area contributed by atoms with Crippen molar-refractivity contribution in [2.24, 2.45) is 0 Å². The molecule has 1 aromatic heterocycles. The number of halogens is 1. The van der Waals surface area contributed by atoms with Crippen molar-refractivity contribution in [3.8, 4) is 0 Å². The van der Waals surface area contributed by atoms with Crippen molar-refractivity contribution in [1.29, 1.82) is 0 Å². The number of H-pyrrole nitrogens is 1. The van der Waals surface area contributed by atoms with Crippen LogP contribution < -0.4 is 4.90 Å². The van der Waals surface area contributed by atoms with Gasteiger partial charge < -0.3 is 14.8 Å². The van der Waals surface area contributed by atoms with E-state index in [4.69, 9.17) is 0 Å². The first-order chi connectivity index (χ1) is 14.0. The average molecular weight is 391 g/mol. The highest BCUT2D eigenvalue weighted by Gasteiger charge is 2.29. The summed E-state index contributed by atoms with van der Waals surface area (Å²) in [4.78, 5) is 20.9. The Kier molecular flexibility index (Phi) is 4.34. The highest BCUT2D eigenvalue weighted by atomic mass is 19.1. The van der Waals surface area contributed by atoms with Crippen LogP contribution in [0.15, 0.2) is 36.4 Å². The molecule has 1 amide bonds. The minimum atomic E-state index is -0.206. The fourth-order valence-corrected chi connectivity index (χ4v) is 4.82. The van der Waals surface area contributed by atoms with Gasteiger partial charge in [0.05, 0.1) is 6.54 Å². The van der Waals surface area contributed by atoms with Crippen LogP contribution in [-0.2, 0) is 24.2 Å². The molecule has 2 aromatic carbocycles. The lowest BCUT2D eigenvalue weighted by molar-refractivity contribution is -0.130. The number of fused-ring (bicyclic) bond motifs is 4. The van der Waals surface area contributed by atoms with E-state index in [1.165, 1.54) is 28.3 Å². The van der Waals surface area contributed by atoms with Gasteiger partial charge in [-0.05, 0) is 62.6 Å². The van der Waals surface area contributed by atoms with Gasteiger partial charge in [0.25, 0.3) is 0 Å². The number of hydrogen-bond acceptors (Lipinski definition) is 2. The van der Waals surface area contributed by atoms with Crippen LogP contribution in [0, 0.1) is 12.7 Å². The van der Waals surface area contributed by atoms with E-state index in [1.54, 1.807) is 6.07 Å². The van der Waals surface area contributed by atoms with Crippen molar-refractivity contribution in [1.82, 2.24) is 9.88 Å². The second kappa shape index (κ2) is 6.90. The lowest BCUT2D eigenvalue weighted by Crippen LogP contribution is -2.47. The molecule has 4 nitrogen and oxygen atoms in total. The quantitative estimate of drug-likeness (QED) is 0.706. The minimum Gasteiger partial charge on any atom is -0.359 e. The number of carbonyl (C=O) groups excluding carboxylic acids is 1. The second-order valence-electron chi connectivity index (χ2n) is 8.49. The molecule has 3 heterocycles. The van der Waals surface area contributed by atoms with Gasteiger partial charge in [0.15, 0.2) is 0 Å². The molecule has 0 radical (unpaired) electrons. The number of carbonyl (C=O) groups is 1. The molecule has 0 fully saturated rings. The molecule has 2 aliphatic heterocycles. The second-order valence-corrected chi connectivity index (χ2v) is 8.49. The molecule has 0 spiro atoms. The summed E-state index contributed by atoms with van der Waals surface area (Å²) in [5.74, 6) is -0.0653. The maximum atomic E-state index is 13.6. The van der Waals surface area contributed by atoms with Crippen molar-refractivity contribution >= 4 is 22.5 Å². The first kappa shape index (κ1) is 18.2. The molecule has 0 bridgehead atoms. The lowest BCUT2D eigenvalue weighted by atomic mass is 9.96. The van der Waals surface area contributed by atoms with Crippen molar-refractivity contribution in [3.05, 3.63) is 64.6 Å². The highest BCUT2D eigenvalue weighted by Crippen LogP contribution is 2.32. The SMILES string of the molecule is Cc1ccc2[nH]c3c(c2c1)CN(C(=O)CN1c2ccc(F)cc2CC[C@@H]1C)CC3. The van der Waals surface area contributed by atoms with Gasteiger partial charge in [-0.2, -0.15) is 0 Å². The Morgan fingerprint density at radius 2 is 2.07 bits per heavy atom. The van der Waals surface area contributed by atoms with E-state index < -0.39 is 0 Å². The number of nitrogens with one attached hydrogen (secondary N) is 1. The highest BCUT2D eigenvalue weighted by molar-refractivity contribution is 5.87. The van der Waals surface area contributed by atoms with E-state index in [-0.39, 0.29) is 17.8 Å². The maximum Gasteiger partial charge on any atom is 0.242 e. The third-order valence-corrected chi connectivity index (χ3v) is 6.50. The number of nitrogens with zero attached hydrogens (tertiary/aromatic N) is 2. The molecule has 5 heteroatoms. The molecule has 5 rings (SSSR count). The van der Waals surface area contributed by atoms with E-state index in [2.05, 4.69) is 41.9 Å². The summed E-state index contributed by atoms with van der Waals surface area (Å²) >= 11 is 0. The fourth-order valence-electron chi connectivity index (χ4n) is 4.82. The Labute approximate surface area is 170 Å². The Morgan fingerprint density at radius 1 is 1.21 bits per heavy atom. The van der Waals surface area contributed by atoms with Gasteiger partial charge in [-0.15, -0.1) is 0 Å². The normalized spacial score (nSPS) is 18.7. The number of anilines is 1. The van der Waals surface area contributed by atoms with Crippen molar-refractivity contribution in [2.45, 2.75) is 45.7 Å². The van der Waals surface area contributed by atoms with Crippen molar-refractivity contribution < 1.29 is 9.18 Å².